The quantitative estimate of drug-likeness (QED) is 0.784. The SMILES string of the molecule is C[C@@H]1C[C@H](C)CN(CC(=O)N(C)c2c(N)n(Cc3ccccc3)c(=O)[nH]c2=O)C1. The maximum atomic E-state index is 12.9. The second-order valence-corrected chi connectivity index (χ2v) is 8.16. The Morgan fingerprint density at radius 3 is 2.41 bits per heavy atom. The zero-order valence-corrected chi connectivity index (χ0v) is 17.2. The van der Waals surface area contributed by atoms with Crippen molar-refractivity contribution in [2.45, 2.75) is 26.8 Å². The van der Waals surface area contributed by atoms with Crippen LogP contribution in [0.5, 0.6) is 0 Å². The highest BCUT2D eigenvalue weighted by atomic mass is 16.2. The number of nitrogens with two attached hydrogens (primary N) is 1. The number of piperidine rings is 1. The van der Waals surface area contributed by atoms with Crippen LogP contribution in [0.4, 0.5) is 11.5 Å². The number of benzene rings is 1. The van der Waals surface area contributed by atoms with Crippen LogP contribution in [0, 0.1) is 11.8 Å². The first-order valence-electron chi connectivity index (χ1n) is 9.91. The summed E-state index contributed by atoms with van der Waals surface area (Å²) in [6.07, 6.45) is 1.15. The van der Waals surface area contributed by atoms with Gasteiger partial charge in [-0.1, -0.05) is 44.2 Å². The lowest BCUT2D eigenvalue weighted by molar-refractivity contribution is -0.120. The van der Waals surface area contributed by atoms with Gasteiger partial charge in [-0.25, -0.2) is 4.79 Å². The van der Waals surface area contributed by atoms with E-state index < -0.39 is 11.2 Å². The van der Waals surface area contributed by atoms with E-state index in [1.54, 1.807) is 0 Å². The molecule has 3 N–H and O–H groups in total. The molecule has 1 fully saturated rings. The van der Waals surface area contributed by atoms with Gasteiger partial charge in [0.15, 0.2) is 5.69 Å². The summed E-state index contributed by atoms with van der Waals surface area (Å²) in [7, 11) is 1.53. The van der Waals surface area contributed by atoms with Crippen molar-refractivity contribution in [3.8, 4) is 0 Å². The zero-order valence-electron chi connectivity index (χ0n) is 17.2. The third kappa shape index (κ3) is 4.76. The van der Waals surface area contributed by atoms with Gasteiger partial charge in [-0.2, -0.15) is 0 Å². The summed E-state index contributed by atoms with van der Waals surface area (Å²) in [6, 6.07) is 9.33. The van der Waals surface area contributed by atoms with Crippen LogP contribution in [-0.4, -0.2) is 47.0 Å². The number of aromatic amines is 1. The first kappa shape index (κ1) is 20.9. The van der Waals surface area contributed by atoms with Crippen LogP contribution in [-0.2, 0) is 11.3 Å². The summed E-state index contributed by atoms with van der Waals surface area (Å²) >= 11 is 0. The normalized spacial score (nSPS) is 19.8. The number of amides is 1. The molecule has 156 valence electrons. The molecule has 0 unspecified atom stereocenters. The second-order valence-electron chi connectivity index (χ2n) is 8.16. The number of nitrogens with zero attached hydrogens (tertiary/aromatic N) is 3. The lowest BCUT2D eigenvalue weighted by atomic mass is 9.92. The third-order valence-electron chi connectivity index (χ3n) is 5.41. The highest BCUT2D eigenvalue weighted by Crippen LogP contribution is 2.22. The van der Waals surface area contributed by atoms with Crippen LogP contribution in [0.15, 0.2) is 39.9 Å². The van der Waals surface area contributed by atoms with Crippen molar-refractivity contribution in [2.75, 3.05) is 37.3 Å². The topological polar surface area (TPSA) is 104 Å². The van der Waals surface area contributed by atoms with Gasteiger partial charge >= 0.3 is 5.69 Å². The van der Waals surface area contributed by atoms with Gasteiger partial charge in [0.1, 0.15) is 5.82 Å². The highest BCUT2D eigenvalue weighted by molar-refractivity contribution is 5.96. The van der Waals surface area contributed by atoms with E-state index in [-0.39, 0.29) is 30.5 Å². The molecule has 0 spiro atoms. The van der Waals surface area contributed by atoms with Gasteiger partial charge in [0, 0.05) is 20.1 Å². The van der Waals surface area contributed by atoms with E-state index in [2.05, 4.69) is 23.7 Å². The molecule has 1 aromatic carbocycles. The third-order valence-corrected chi connectivity index (χ3v) is 5.41. The molecular formula is C21H29N5O3. The molecular weight excluding hydrogens is 370 g/mol. The van der Waals surface area contributed by atoms with Gasteiger partial charge in [0.25, 0.3) is 5.56 Å². The first-order valence-corrected chi connectivity index (χ1v) is 9.91. The fourth-order valence-electron chi connectivity index (χ4n) is 4.17. The number of hydrogen-bond acceptors (Lipinski definition) is 5. The Balaban J connectivity index is 1.85. The van der Waals surface area contributed by atoms with Crippen LogP contribution < -0.4 is 21.9 Å². The number of likely N-dealkylation sites (N-methyl/N-ethyl adjacent to an activating group) is 1. The van der Waals surface area contributed by atoms with Gasteiger partial charge in [0.05, 0.1) is 13.1 Å². The molecule has 1 aromatic heterocycles. The first-order chi connectivity index (χ1) is 13.8. The van der Waals surface area contributed by atoms with Crippen LogP contribution in [0.3, 0.4) is 0 Å². The van der Waals surface area contributed by atoms with Crippen molar-refractivity contribution < 1.29 is 4.79 Å². The molecule has 0 radical (unpaired) electrons. The maximum absolute atomic E-state index is 12.9. The second kappa shape index (κ2) is 8.65. The Bertz CT molecular complexity index is 972. The maximum Gasteiger partial charge on any atom is 0.330 e. The van der Waals surface area contributed by atoms with Gasteiger partial charge in [-0.05, 0) is 23.8 Å². The van der Waals surface area contributed by atoms with Gasteiger partial charge in [0.2, 0.25) is 5.91 Å². The van der Waals surface area contributed by atoms with Crippen molar-refractivity contribution in [3.63, 3.8) is 0 Å². The number of rotatable bonds is 5. The van der Waals surface area contributed by atoms with E-state index in [4.69, 9.17) is 5.73 Å². The van der Waals surface area contributed by atoms with Crippen molar-refractivity contribution >= 4 is 17.4 Å². The van der Waals surface area contributed by atoms with Gasteiger partial charge in [-0.15, -0.1) is 0 Å². The van der Waals surface area contributed by atoms with E-state index in [1.165, 1.54) is 16.5 Å². The molecule has 8 nitrogen and oxygen atoms in total. The molecule has 0 bridgehead atoms. The van der Waals surface area contributed by atoms with E-state index in [1.807, 2.05) is 30.3 Å². The van der Waals surface area contributed by atoms with Gasteiger partial charge < -0.3 is 10.6 Å². The minimum atomic E-state index is -0.659. The average Bonchev–Trinajstić information content (AvgIpc) is 2.65. The minimum Gasteiger partial charge on any atom is -0.383 e. The lowest BCUT2D eigenvalue weighted by Gasteiger charge is -2.35. The number of H-pyrrole nitrogens is 1. The molecule has 2 heterocycles. The monoisotopic (exact) mass is 399 g/mol. The van der Waals surface area contributed by atoms with E-state index in [0.717, 1.165) is 25.1 Å². The van der Waals surface area contributed by atoms with Crippen LogP contribution >= 0.6 is 0 Å². The number of nitrogens with one attached hydrogen (secondary N) is 1. The lowest BCUT2D eigenvalue weighted by Crippen LogP contribution is -2.47. The van der Waals surface area contributed by atoms with E-state index in [9.17, 15) is 14.4 Å². The summed E-state index contributed by atoms with van der Waals surface area (Å²) in [5.74, 6) is 0.809. The Labute approximate surface area is 169 Å². The van der Waals surface area contributed by atoms with Crippen molar-refractivity contribution in [2.24, 2.45) is 11.8 Å². The van der Waals surface area contributed by atoms with Crippen molar-refractivity contribution in [1.29, 1.82) is 0 Å². The van der Waals surface area contributed by atoms with Crippen molar-refractivity contribution in [3.05, 3.63) is 56.7 Å². The Kier molecular flexibility index (Phi) is 6.22. The largest absolute Gasteiger partial charge is 0.383 e. The molecule has 29 heavy (non-hydrogen) atoms. The smallest absolute Gasteiger partial charge is 0.330 e. The fraction of sp³-hybridized carbons (Fsp3) is 0.476. The standard InChI is InChI=1S/C21H29N5O3/c1-14-9-15(2)11-25(10-14)13-17(27)24(3)18-19(22)26(21(29)23-20(18)28)12-16-7-5-4-6-8-16/h4-8,14-15H,9-13,22H2,1-3H3,(H,23,28,29)/t14-,15+. The summed E-state index contributed by atoms with van der Waals surface area (Å²) in [4.78, 5) is 43.3. The molecule has 0 saturated carbocycles. The average molecular weight is 399 g/mol. The zero-order chi connectivity index (χ0) is 21.1. The van der Waals surface area contributed by atoms with E-state index >= 15 is 0 Å². The summed E-state index contributed by atoms with van der Waals surface area (Å²) in [6.45, 7) is 6.48. The fourth-order valence-corrected chi connectivity index (χ4v) is 4.17. The van der Waals surface area contributed by atoms with Crippen LogP contribution in [0.2, 0.25) is 0 Å². The number of nitrogen functional groups attached to an aromatic ring is 1. The summed E-state index contributed by atoms with van der Waals surface area (Å²) in [5, 5.41) is 0. The molecule has 3 rings (SSSR count). The number of likely N-dealkylation sites (tertiary alicyclic amines) is 1. The van der Waals surface area contributed by atoms with Gasteiger partial charge in [-0.3, -0.25) is 24.0 Å². The predicted octanol–water partition coefficient (Wildman–Crippen LogP) is 1.11. The molecule has 1 aliphatic rings. The molecule has 1 aliphatic heterocycles. The summed E-state index contributed by atoms with van der Waals surface area (Å²) in [5.41, 5.74) is 5.80. The highest BCUT2D eigenvalue weighted by Gasteiger charge is 2.26. The van der Waals surface area contributed by atoms with E-state index in [0.29, 0.717) is 11.8 Å². The van der Waals surface area contributed by atoms with Crippen LogP contribution in [0.1, 0.15) is 25.8 Å². The Hall–Kier alpha value is -2.87. The number of hydrogen-bond donors (Lipinski definition) is 2. The molecule has 8 heteroatoms. The Morgan fingerprint density at radius 2 is 1.79 bits per heavy atom. The predicted molar refractivity (Wildman–Crippen MR) is 114 cm³/mol. The number of aromatic nitrogens is 2. The molecule has 2 atom stereocenters. The Morgan fingerprint density at radius 1 is 1.17 bits per heavy atom. The number of carbonyl (C=O) groups is 1. The molecule has 1 amide bonds. The molecule has 0 aliphatic carbocycles. The number of carbonyl (C=O) groups excluding carboxylic acids is 1. The minimum absolute atomic E-state index is 0.00337. The summed E-state index contributed by atoms with van der Waals surface area (Å²) < 4.78 is 1.28. The number of anilines is 2. The van der Waals surface area contributed by atoms with Crippen molar-refractivity contribution in [1.82, 2.24) is 14.5 Å². The van der Waals surface area contributed by atoms with Crippen LogP contribution in [0.25, 0.3) is 0 Å². The molecule has 2 aromatic rings. The molecule has 1 saturated heterocycles.